The molecule has 4 nitrogen and oxygen atoms in total. The molecule has 21 heavy (non-hydrogen) atoms. The molecule has 0 bridgehead atoms. The Morgan fingerprint density at radius 3 is 2.90 bits per heavy atom. The first-order valence-corrected chi connectivity index (χ1v) is 7.53. The second kappa shape index (κ2) is 5.68. The summed E-state index contributed by atoms with van der Waals surface area (Å²) in [6.07, 6.45) is 0.910. The van der Waals surface area contributed by atoms with E-state index in [2.05, 4.69) is 23.0 Å². The first kappa shape index (κ1) is 13.8. The molecule has 0 aliphatic rings. The molecule has 0 atom stereocenters. The molecule has 0 fully saturated rings. The highest BCUT2D eigenvalue weighted by Gasteiger charge is 2.14. The zero-order chi connectivity index (χ0) is 14.8. The number of benzene rings is 1. The van der Waals surface area contributed by atoms with Crippen LogP contribution in [-0.2, 0) is 6.42 Å². The Bertz CT molecular complexity index is 854. The molecule has 3 aromatic rings. The molecule has 0 unspecified atom stereocenters. The number of hydrogen-bond donors (Lipinski definition) is 0. The maximum atomic E-state index is 9.12. The van der Waals surface area contributed by atoms with E-state index in [0.717, 1.165) is 16.6 Å². The summed E-state index contributed by atoms with van der Waals surface area (Å²) < 4.78 is 5.80. The van der Waals surface area contributed by atoms with Crippen LogP contribution in [0.1, 0.15) is 17.4 Å². The summed E-state index contributed by atoms with van der Waals surface area (Å²) >= 11 is 7.52. The fourth-order valence-electron chi connectivity index (χ4n) is 1.92. The van der Waals surface area contributed by atoms with Crippen molar-refractivity contribution in [2.24, 2.45) is 0 Å². The summed E-state index contributed by atoms with van der Waals surface area (Å²) in [5.74, 6) is 0.837. The minimum Gasteiger partial charge on any atom is -0.437 e. The molecule has 0 aliphatic carbocycles. The number of aromatic nitrogens is 2. The first-order valence-electron chi connectivity index (χ1n) is 6.34. The average Bonchev–Trinajstić information content (AvgIpc) is 2.91. The number of halogens is 1. The molecule has 2 heterocycles. The van der Waals surface area contributed by atoms with E-state index in [1.807, 2.05) is 6.07 Å². The molecule has 0 saturated heterocycles. The Kier molecular flexibility index (Phi) is 3.74. The van der Waals surface area contributed by atoms with Crippen LogP contribution in [0.2, 0.25) is 5.28 Å². The Morgan fingerprint density at radius 1 is 1.33 bits per heavy atom. The van der Waals surface area contributed by atoms with Crippen LogP contribution in [0, 0.1) is 11.3 Å². The SMILES string of the molecule is CCc1cc2c(Oc3ccccc3C#N)nc(Cl)nc2s1. The number of fused-ring (bicyclic) bond motifs is 1. The summed E-state index contributed by atoms with van der Waals surface area (Å²) in [7, 11) is 0. The van der Waals surface area contributed by atoms with Crippen molar-refractivity contribution in [2.75, 3.05) is 0 Å². The van der Waals surface area contributed by atoms with Gasteiger partial charge >= 0.3 is 0 Å². The fourth-order valence-corrected chi connectivity index (χ4v) is 3.09. The maximum Gasteiger partial charge on any atom is 0.232 e. The normalized spacial score (nSPS) is 10.5. The Morgan fingerprint density at radius 2 is 2.14 bits per heavy atom. The third kappa shape index (κ3) is 2.68. The quantitative estimate of drug-likeness (QED) is 0.664. The molecule has 0 radical (unpaired) electrons. The van der Waals surface area contributed by atoms with Crippen LogP contribution < -0.4 is 4.74 Å². The van der Waals surface area contributed by atoms with E-state index in [9.17, 15) is 0 Å². The predicted octanol–water partition coefficient (Wildman–Crippen LogP) is 4.57. The van der Waals surface area contributed by atoms with Crippen molar-refractivity contribution in [1.82, 2.24) is 9.97 Å². The average molecular weight is 316 g/mol. The van der Waals surface area contributed by atoms with Gasteiger partial charge in [0, 0.05) is 4.88 Å². The summed E-state index contributed by atoms with van der Waals surface area (Å²) in [6, 6.07) is 11.1. The van der Waals surface area contributed by atoms with Gasteiger partial charge in [0.1, 0.15) is 16.6 Å². The van der Waals surface area contributed by atoms with E-state index in [0.29, 0.717) is 17.2 Å². The molecule has 0 N–H and O–H groups in total. The monoisotopic (exact) mass is 315 g/mol. The van der Waals surface area contributed by atoms with Crippen LogP contribution in [-0.4, -0.2) is 9.97 Å². The fraction of sp³-hybridized carbons (Fsp3) is 0.133. The molecule has 0 aliphatic heterocycles. The number of para-hydroxylation sites is 1. The molecule has 6 heteroatoms. The van der Waals surface area contributed by atoms with Crippen molar-refractivity contribution < 1.29 is 4.74 Å². The topological polar surface area (TPSA) is 58.8 Å². The van der Waals surface area contributed by atoms with Gasteiger partial charge in [-0.05, 0) is 36.2 Å². The molecule has 0 amide bonds. The summed E-state index contributed by atoms with van der Waals surface area (Å²) in [5, 5.41) is 10.1. The molecule has 3 rings (SSSR count). The molecular formula is C15H10ClN3OS. The predicted molar refractivity (Wildman–Crippen MR) is 83.0 cm³/mol. The number of hydrogen-bond acceptors (Lipinski definition) is 5. The summed E-state index contributed by atoms with van der Waals surface area (Å²) in [4.78, 5) is 10.3. The second-order valence-electron chi connectivity index (χ2n) is 4.29. The van der Waals surface area contributed by atoms with Crippen LogP contribution in [0.5, 0.6) is 11.6 Å². The van der Waals surface area contributed by atoms with Gasteiger partial charge in [-0.25, -0.2) is 4.98 Å². The minimum atomic E-state index is 0.136. The largest absolute Gasteiger partial charge is 0.437 e. The minimum absolute atomic E-state index is 0.136. The maximum absolute atomic E-state index is 9.12. The van der Waals surface area contributed by atoms with Gasteiger partial charge in [0.05, 0.1) is 10.9 Å². The number of ether oxygens (including phenoxy) is 1. The first-order chi connectivity index (χ1) is 10.2. The smallest absolute Gasteiger partial charge is 0.232 e. The number of nitrogens with zero attached hydrogens (tertiary/aromatic N) is 3. The molecule has 2 aromatic heterocycles. The third-order valence-electron chi connectivity index (χ3n) is 2.94. The van der Waals surface area contributed by atoms with Gasteiger partial charge in [-0.3, -0.25) is 0 Å². The lowest BCUT2D eigenvalue weighted by Gasteiger charge is -2.07. The van der Waals surface area contributed by atoms with Crippen LogP contribution >= 0.6 is 22.9 Å². The number of aryl methyl sites for hydroxylation is 1. The molecular weight excluding hydrogens is 306 g/mol. The highest BCUT2D eigenvalue weighted by Crippen LogP contribution is 2.34. The zero-order valence-corrected chi connectivity index (χ0v) is 12.7. The van der Waals surface area contributed by atoms with Crippen LogP contribution in [0.15, 0.2) is 30.3 Å². The van der Waals surface area contributed by atoms with E-state index in [4.69, 9.17) is 21.6 Å². The second-order valence-corrected chi connectivity index (χ2v) is 5.75. The molecule has 104 valence electrons. The summed E-state index contributed by atoms with van der Waals surface area (Å²) in [6.45, 7) is 2.07. The molecule has 1 aromatic carbocycles. The van der Waals surface area contributed by atoms with E-state index < -0.39 is 0 Å². The highest BCUT2D eigenvalue weighted by atomic mass is 35.5. The van der Waals surface area contributed by atoms with Gasteiger partial charge in [0.25, 0.3) is 0 Å². The van der Waals surface area contributed by atoms with Crippen molar-refractivity contribution in [3.05, 3.63) is 46.1 Å². The highest BCUT2D eigenvalue weighted by molar-refractivity contribution is 7.18. The van der Waals surface area contributed by atoms with Gasteiger partial charge in [-0.2, -0.15) is 10.2 Å². The van der Waals surface area contributed by atoms with E-state index in [-0.39, 0.29) is 5.28 Å². The lowest BCUT2D eigenvalue weighted by molar-refractivity contribution is 0.467. The van der Waals surface area contributed by atoms with E-state index in [1.54, 1.807) is 35.6 Å². The van der Waals surface area contributed by atoms with E-state index in [1.165, 1.54) is 4.88 Å². The molecule has 0 spiro atoms. The van der Waals surface area contributed by atoms with E-state index >= 15 is 0 Å². The lowest BCUT2D eigenvalue weighted by atomic mass is 10.2. The Balaban J connectivity index is 2.12. The number of rotatable bonds is 3. The number of thiophene rings is 1. The molecule has 0 saturated carbocycles. The van der Waals surface area contributed by atoms with Crippen molar-refractivity contribution in [3.8, 4) is 17.7 Å². The zero-order valence-electron chi connectivity index (χ0n) is 11.1. The van der Waals surface area contributed by atoms with Gasteiger partial charge in [0.2, 0.25) is 11.2 Å². The van der Waals surface area contributed by atoms with Crippen molar-refractivity contribution >= 4 is 33.2 Å². The van der Waals surface area contributed by atoms with Gasteiger partial charge in [0.15, 0.2) is 0 Å². The van der Waals surface area contributed by atoms with Crippen LogP contribution in [0.3, 0.4) is 0 Å². The standard InChI is InChI=1S/C15H10ClN3OS/c1-2-10-7-11-13(18-15(16)19-14(11)21-10)20-12-6-4-3-5-9(12)8-17/h3-7H,2H2,1H3. The third-order valence-corrected chi connectivity index (χ3v) is 4.29. The van der Waals surface area contributed by atoms with Crippen molar-refractivity contribution in [3.63, 3.8) is 0 Å². The van der Waals surface area contributed by atoms with Gasteiger partial charge in [-0.1, -0.05) is 19.1 Å². The van der Waals surface area contributed by atoms with Gasteiger partial charge in [-0.15, -0.1) is 11.3 Å². The van der Waals surface area contributed by atoms with Crippen molar-refractivity contribution in [1.29, 1.82) is 5.26 Å². The van der Waals surface area contributed by atoms with Crippen LogP contribution in [0.25, 0.3) is 10.2 Å². The number of nitriles is 1. The Hall–Kier alpha value is -2.16. The van der Waals surface area contributed by atoms with Crippen molar-refractivity contribution in [2.45, 2.75) is 13.3 Å². The van der Waals surface area contributed by atoms with Gasteiger partial charge < -0.3 is 4.74 Å². The summed E-state index contributed by atoms with van der Waals surface area (Å²) in [5.41, 5.74) is 0.450. The van der Waals surface area contributed by atoms with Crippen LogP contribution in [0.4, 0.5) is 0 Å². The lowest BCUT2D eigenvalue weighted by Crippen LogP contribution is -1.93. The Labute approximate surface area is 130 Å².